The minimum absolute atomic E-state index is 0.331. The first-order valence-electron chi connectivity index (χ1n) is 8.07. The molecule has 0 atom stereocenters. The van der Waals surface area contributed by atoms with Gasteiger partial charge in [0.25, 0.3) is 0 Å². The zero-order valence-electron chi connectivity index (χ0n) is 12.3. The minimum atomic E-state index is 0.331. The molecule has 2 heteroatoms. The average molecular weight is 269 g/mol. The molecular formula is C18H23NO. The van der Waals surface area contributed by atoms with Crippen LogP contribution in [0.25, 0.3) is 0 Å². The molecule has 0 amide bonds. The van der Waals surface area contributed by atoms with E-state index in [4.69, 9.17) is 0 Å². The first-order valence-corrected chi connectivity index (χ1v) is 8.07. The highest BCUT2D eigenvalue weighted by atomic mass is 16.1. The SMILES string of the molecule is Cc1ccncc1C(=O)CC12CC3CC(CC(C3)C1)C2. The highest BCUT2D eigenvalue weighted by Crippen LogP contribution is 2.61. The number of carbonyl (C=O) groups is 1. The Kier molecular flexibility index (Phi) is 2.77. The van der Waals surface area contributed by atoms with Gasteiger partial charge < -0.3 is 0 Å². The van der Waals surface area contributed by atoms with Crippen LogP contribution in [0.15, 0.2) is 18.5 Å². The second-order valence-electron chi connectivity index (χ2n) is 7.71. The van der Waals surface area contributed by atoms with Crippen LogP contribution in [0.1, 0.15) is 60.9 Å². The molecule has 4 fully saturated rings. The molecule has 2 nitrogen and oxygen atoms in total. The van der Waals surface area contributed by atoms with Gasteiger partial charge >= 0.3 is 0 Å². The third-order valence-electron chi connectivity index (χ3n) is 6.04. The van der Waals surface area contributed by atoms with Gasteiger partial charge in [0.15, 0.2) is 5.78 Å². The molecule has 0 spiro atoms. The molecule has 4 aliphatic rings. The molecule has 106 valence electrons. The molecular weight excluding hydrogens is 246 g/mol. The van der Waals surface area contributed by atoms with Crippen LogP contribution in [-0.4, -0.2) is 10.8 Å². The van der Waals surface area contributed by atoms with Crippen molar-refractivity contribution in [2.24, 2.45) is 23.2 Å². The van der Waals surface area contributed by atoms with Gasteiger partial charge in [0.05, 0.1) is 0 Å². The molecule has 1 aromatic rings. The van der Waals surface area contributed by atoms with Crippen LogP contribution >= 0.6 is 0 Å². The lowest BCUT2D eigenvalue weighted by molar-refractivity contribution is -0.0524. The van der Waals surface area contributed by atoms with Crippen molar-refractivity contribution in [3.05, 3.63) is 29.6 Å². The van der Waals surface area contributed by atoms with Gasteiger partial charge in [-0.05, 0) is 80.2 Å². The number of hydrogen-bond donors (Lipinski definition) is 0. The topological polar surface area (TPSA) is 30.0 Å². The van der Waals surface area contributed by atoms with E-state index in [2.05, 4.69) is 4.98 Å². The van der Waals surface area contributed by atoms with Gasteiger partial charge in [-0.3, -0.25) is 9.78 Å². The van der Waals surface area contributed by atoms with E-state index in [9.17, 15) is 4.79 Å². The van der Waals surface area contributed by atoms with Crippen LogP contribution in [0.5, 0.6) is 0 Å². The molecule has 1 heterocycles. The maximum atomic E-state index is 12.7. The van der Waals surface area contributed by atoms with Crippen molar-refractivity contribution in [1.29, 1.82) is 0 Å². The number of rotatable bonds is 3. The fourth-order valence-corrected chi connectivity index (χ4v) is 5.70. The summed E-state index contributed by atoms with van der Waals surface area (Å²) < 4.78 is 0. The normalized spacial score (nSPS) is 38.1. The summed E-state index contributed by atoms with van der Waals surface area (Å²) in [6.07, 6.45) is 12.6. The van der Waals surface area contributed by atoms with E-state index >= 15 is 0 Å². The van der Waals surface area contributed by atoms with Crippen molar-refractivity contribution >= 4 is 5.78 Å². The summed E-state index contributed by atoms with van der Waals surface area (Å²) >= 11 is 0. The van der Waals surface area contributed by atoms with Gasteiger partial charge in [-0.1, -0.05) is 0 Å². The molecule has 4 aliphatic carbocycles. The van der Waals surface area contributed by atoms with Crippen molar-refractivity contribution in [2.75, 3.05) is 0 Å². The zero-order valence-corrected chi connectivity index (χ0v) is 12.3. The number of carbonyl (C=O) groups excluding carboxylic acids is 1. The Labute approximate surface area is 121 Å². The molecule has 0 unspecified atom stereocenters. The summed E-state index contributed by atoms with van der Waals surface area (Å²) in [7, 11) is 0. The minimum Gasteiger partial charge on any atom is -0.294 e. The van der Waals surface area contributed by atoms with Crippen molar-refractivity contribution < 1.29 is 4.79 Å². The van der Waals surface area contributed by atoms with Crippen LogP contribution in [-0.2, 0) is 0 Å². The van der Waals surface area contributed by atoms with Gasteiger partial charge in [-0.2, -0.15) is 0 Å². The van der Waals surface area contributed by atoms with Gasteiger partial charge in [0, 0.05) is 24.4 Å². The van der Waals surface area contributed by atoms with Gasteiger partial charge in [0.1, 0.15) is 0 Å². The Bertz CT molecular complexity index is 513. The summed E-state index contributed by atoms with van der Waals surface area (Å²) in [5.74, 6) is 3.09. The molecule has 20 heavy (non-hydrogen) atoms. The lowest BCUT2D eigenvalue weighted by atomic mass is 9.48. The number of Topliss-reactive ketones (excluding diaryl/α,β-unsaturated/α-hetero) is 1. The van der Waals surface area contributed by atoms with Crippen LogP contribution < -0.4 is 0 Å². The van der Waals surface area contributed by atoms with E-state index in [1.165, 1.54) is 38.5 Å². The second-order valence-corrected chi connectivity index (χ2v) is 7.71. The third kappa shape index (κ3) is 2.01. The van der Waals surface area contributed by atoms with Crippen LogP contribution in [0.2, 0.25) is 0 Å². The second kappa shape index (κ2) is 4.41. The number of ketones is 1. The molecule has 4 bridgehead atoms. The zero-order chi connectivity index (χ0) is 13.7. The van der Waals surface area contributed by atoms with E-state index in [0.717, 1.165) is 35.3 Å². The summed E-state index contributed by atoms with van der Waals surface area (Å²) in [6, 6.07) is 1.95. The number of aryl methyl sites for hydroxylation is 1. The monoisotopic (exact) mass is 269 g/mol. The fraction of sp³-hybridized carbons (Fsp3) is 0.667. The van der Waals surface area contributed by atoms with E-state index < -0.39 is 0 Å². The molecule has 4 saturated carbocycles. The molecule has 0 N–H and O–H groups in total. The molecule has 0 saturated heterocycles. The van der Waals surface area contributed by atoms with E-state index in [1.54, 1.807) is 12.4 Å². The number of aromatic nitrogens is 1. The quantitative estimate of drug-likeness (QED) is 0.770. The number of hydrogen-bond acceptors (Lipinski definition) is 2. The molecule has 0 aromatic carbocycles. The number of pyridine rings is 1. The average Bonchev–Trinajstić information content (AvgIpc) is 2.36. The van der Waals surface area contributed by atoms with Gasteiger partial charge in [-0.15, -0.1) is 0 Å². The largest absolute Gasteiger partial charge is 0.294 e. The summed E-state index contributed by atoms with van der Waals surface area (Å²) in [4.78, 5) is 16.9. The Morgan fingerprint density at radius 3 is 2.35 bits per heavy atom. The smallest absolute Gasteiger partial charge is 0.165 e. The maximum absolute atomic E-state index is 12.7. The Hall–Kier alpha value is -1.18. The van der Waals surface area contributed by atoms with Crippen LogP contribution in [0.4, 0.5) is 0 Å². The highest BCUT2D eigenvalue weighted by molar-refractivity contribution is 5.97. The molecule has 5 rings (SSSR count). The summed E-state index contributed by atoms with van der Waals surface area (Å²) in [5.41, 5.74) is 2.27. The van der Waals surface area contributed by atoms with Gasteiger partial charge in [0.2, 0.25) is 0 Å². The predicted molar refractivity (Wildman–Crippen MR) is 78.5 cm³/mol. The Balaban J connectivity index is 1.57. The fourth-order valence-electron chi connectivity index (χ4n) is 5.70. The maximum Gasteiger partial charge on any atom is 0.165 e. The molecule has 1 aromatic heterocycles. The highest BCUT2D eigenvalue weighted by Gasteiger charge is 2.51. The van der Waals surface area contributed by atoms with E-state index in [0.29, 0.717) is 11.2 Å². The Morgan fingerprint density at radius 2 is 1.80 bits per heavy atom. The van der Waals surface area contributed by atoms with Crippen molar-refractivity contribution in [2.45, 2.75) is 51.9 Å². The van der Waals surface area contributed by atoms with E-state index in [1.807, 2.05) is 13.0 Å². The molecule has 0 radical (unpaired) electrons. The van der Waals surface area contributed by atoms with Crippen LogP contribution in [0, 0.1) is 30.1 Å². The standard InChI is InChI=1S/C18H23NO/c1-12-2-3-19-11-16(12)17(20)10-18-7-13-4-14(8-18)6-15(5-13)9-18/h2-3,11,13-15H,4-10H2,1H3. The van der Waals surface area contributed by atoms with Crippen molar-refractivity contribution in [3.63, 3.8) is 0 Å². The lowest BCUT2D eigenvalue weighted by Crippen LogP contribution is -2.46. The Morgan fingerprint density at radius 1 is 1.20 bits per heavy atom. The van der Waals surface area contributed by atoms with Crippen molar-refractivity contribution in [3.8, 4) is 0 Å². The lowest BCUT2D eigenvalue weighted by Gasteiger charge is -2.56. The van der Waals surface area contributed by atoms with Crippen molar-refractivity contribution in [1.82, 2.24) is 4.98 Å². The summed E-state index contributed by atoms with van der Waals surface area (Å²) in [5, 5.41) is 0. The predicted octanol–water partition coefficient (Wildman–Crippen LogP) is 4.18. The molecule has 0 aliphatic heterocycles. The van der Waals surface area contributed by atoms with Crippen LogP contribution in [0.3, 0.4) is 0 Å². The first-order chi connectivity index (χ1) is 9.63. The van der Waals surface area contributed by atoms with E-state index in [-0.39, 0.29) is 0 Å². The number of nitrogens with zero attached hydrogens (tertiary/aromatic N) is 1. The third-order valence-corrected chi connectivity index (χ3v) is 6.04. The summed E-state index contributed by atoms with van der Waals surface area (Å²) in [6.45, 7) is 2.02. The van der Waals surface area contributed by atoms with Gasteiger partial charge in [-0.25, -0.2) is 0 Å². The first kappa shape index (κ1) is 12.6.